The summed E-state index contributed by atoms with van der Waals surface area (Å²) < 4.78 is 0. The Hall–Kier alpha value is -0.300. The molecule has 4 bridgehead atoms. The Morgan fingerprint density at radius 3 is 2.05 bits per heavy atom. The van der Waals surface area contributed by atoms with Crippen molar-refractivity contribution in [3.05, 3.63) is 35.4 Å². The number of alkyl halides is 1. The number of benzene rings is 1. The second-order valence-corrected chi connectivity index (χ2v) is 9.70. The molecule has 1 unspecified atom stereocenters. The SMILES string of the molecule is Cc1ccc(CC(Br)CC23CC4CC(CC(C4)C2)C3)cc1. The summed E-state index contributed by atoms with van der Waals surface area (Å²) in [6, 6.07) is 9.12. The molecule has 0 saturated heterocycles. The predicted molar refractivity (Wildman–Crippen MR) is 92.8 cm³/mol. The summed E-state index contributed by atoms with van der Waals surface area (Å²) in [6.07, 6.45) is 11.9. The lowest BCUT2D eigenvalue weighted by molar-refractivity contribution is -0.0569. The average Bonchev–Trinajstić information content (AvgIpc) is 2.39. The predicted octanol–water partition coefficient (Wildman–Crippen LogP) is 5.91. The smallest absolute Gasteiger partial charge is 0.0191 e. The zero-order valence-electron chi connectivity index (χ0n) is 13.2. The molecule has 1 atom stereocenters. The molecule has 0 heterocycles. The van der Waals surface area contributed by atoms with Gasteiger partial charge in [-0.05, 0) is 87.0 Å². The van der Waals surface area contributed by atoms with E-state index in [0.29, 0.717) is 10.2 Å². The minimum Gasteiger partial charge on any atom is -0.0887 e. The molecule has 1 aromatic rings. The van der Waals surface area contributed by atoms with Crippen molar-refractivity contribution in [2.75, 3.05) is 0 Å². The fraction of sp³-hybridized carbons (Fsp3) is 0.700. The van der Waals surface area contributed by atoms with E-state index in [-0.39, 0.29) is 0 Å². The second kappa shape index (κ2) is 5.41. The maximum absolute atomic E-state index is 4.02. The lowest BCUT2D eigenvalue weighted by Crippen LogP contribution is -2.47. The summed E-state index contributed by atoms with van der Waals surface area (Å²) in [5.74, 6) is 3.24. The van der Waals surface area contributed by atoms with E-state index in [1.165, 1.54) is 43.2 Å². The van der Waals surface area contributed by atoms with Crippen LogP contribution in [0.2, 0.25) is 0 Å². The molecule has 0 radical (unpaired) electrons. The minimum atomic E-state index is 0.663. The van der Waals surface area contributed by atoms with E-state index in [9.17, 15) is 0 Å². The third-order valence-electron chi connectivity index (χ3n) is 6.40. The summed E-state index contributed by atoms with van der Waals surface area (Å²) in [7, 11) is 0. The van der Waals surface area contributed by atoms with E-state index >= 15 is 0 Å². The highest BCUT2D eigenvalue weighted by molar-refractivity contribution is 9.09. The lowest BCUT2D eigenvalue weighted by Gasteiger charge is -2.57. The van der Waals surface area contributed by atoms with Crippen LogP contribution in [0, 0.1) is 30.1 Å². The van der Waals surface area contributed by atoms with Crippen LogP contribution in [0.1, 0.15) is 56.1 Å². The lowest BCUT2D eigenvalue weighted by atomic mass is 9.48. The Morgan fingerprint density at radius 1 is 1.00 bits per heavy atom. The molecule has 0 spiro atoms. The van der Waals surface area contributed by atoms with Crippen LogP contribution in [0.25, 0.3) is 0 Å². The Bertz CT molecular complexity index is 466. The van der Waals surface area contributed by atoms with Gasteiger partial charge in [-0.2, -0.15) is 0 Å². The molecule has 21 heavy (non-hydrogen) atoms. The molecule has 0 nitrogen and oxygen atoms in total. The monoisotopic (exact) mass is 346 g/mol. The van der Waals surface area contributed by atoms with Gasteiger partial charge in [-0.25, -0.2) is 0 Å². The molecule has 0 aromatic heterocycles. The first-order chi connectivity index (χ1) is 10.1. The minimum absolute atomic E-state index is 0.663. The fourth-order valence-corrected chi connectivity index (χ4v) is 7.12. The third kappa shape index (κ3) is 2.96. The van der Waals surface area contributed by atoms with Crippen molar-refractivity contribution in [1.29, 1.82) is 0 Å². The second-order valence-electron chi connectivity index (χ2n) is 8.41. The first-order valence-electron chi connectivity index (χ1n) is 8.80. The van der Waals surface area contributed by atoms with Gasteiger partial charge in [0.25, 0.3) is 0 Å². The molecule has 4 aliphatic carbocycles. The van der Waals surface area contributed by atoms with Gasteiger partial charge in [0.1, 0.15) is 0 Å². The highest BCUT2D eigenvalue weighted by Crippen LogP contribution is 2.62. The topological polar surface area (TPSA) is 0 Å². The van der Waals surface area contributed by atoms with Crippen LogP contribution in [0.15, 0.2) is 24.3 Å². The van der Waals surface area contributed by atoms with Crippen LogP contribution in [-0.4, -0.2) is 4.83 Å². The van der Waals surface area contributed by atoms with Gasteiger partial charge >= 0.3 is 0 Å². The highest BCUT2D eigenvalue weighted by atomic mass is 79.9. The van der Waals surface area contributed by atoms with Gasteiger partial charge in [0.05, 0.1) is 0 Å². The van der Waals surface area contributed by atoms with Gasteiger partial charge in [0.15, 0.2) is 0 Å². The van der Waals surface area contributed by atoms with Crippen LogP contribution in [0.3, 0.4) is 0 Å². The molecule has 0 amide bonds. The Morgan fingerprint density at radius 2 is 1.52 bits per heavy atom. The van der Waals surface area contributed by atoms with Crippen LogP contribution >= 0.6 is 15.9 Å². The molecular formula is C20H27Br. The molecule has 1 heteroatoms. The summed E-state index contributed by atoms with van der Waals surface area (Å²) >= 11 is 4.02. The van der Waals surface area contributed by atoms with Crippen LogP contribution < -0.4 is 0 Å². The van der Waals surface area contributed by atoms with Gasteiger partial charge in [-0.15, -0.1) is 0 Å². The average molecular weight is 347 g/mol. The maximum Gasteiger partial charge on any atom is 0.0191 e. The molecule has 0 N–H and O–H groups in total. The number of aryl methyl sites for hydroxylation is 1. The maximum atomic E-state index is 4.02. The zero-order chi connectivity index (χ0) is 14.4. The summed E-state index contributed by atoms with van der Waals surface area (Å²) in [6.45, 7) is 2.17. The van der Waals surface area contributed by atoms with Crippen molar-refractivity contribution in [3.8, 4) is 0 Å². The van der Waals surface area contributed by atoms with Crippen LogP contribution in [0.5, 0.6) is 0 Å². The molecule has 0 aliphatic heterocycles. The van der Waals surface area contributed by atoms with Crippen molar-refractivity contribution in [2.24, 2.45) is 23.2 Å². The Labute approximate surface area is 137 Å². The number of hydrogen-bond donors (Lipinski definition) is 0. The van der Waals surface area contributed by atoms with E-state index in [0.717, 1.165) is 17.8 Å². The van der Waals surface area contributed by atoms with Crippen molar-refractivity contribution in [1.82, 2.24) is 0 Å². The van der Waals surface area contributed by atoms with Crippen LogP contribution in [0.4, 0.5) is 0 Å². The Balaban J connectivity index is 1.42. The fourth-order valence-electron chi connectivity index (χ4n) is 6.06. The third-order valence-corrected chi connectivity index (χ3v) is 7.04. The molecular weight excluding hydrogens is 320 g/mol. The summed E-state index contributed by atoms with van der Waals surface area (Å²) in [5, 5.41) is 0. The number of rotatable bonds is 4. The molecule has 4 fully saturated rings. The van der Waals surface area contributed by atoms with E-state index in [2.05, 4.69) is 47.1 Å². The first-order valence-corrected chi connectivity index (χ1v) is 9.71. The summed E-state index contributed by atoms with van der Waals surface area (Å²) in [5.41, 5.74) is 3.56. The highest BCUT2D eigenvalue weighted by Gasteiger charge is 2.50. The quantitative estimate of drug-likeness (QED) is 0.594. The van der Waals surface area contributed by atoms with E-state index in [4.69, 9.17) is 0 Å². The summed E-state index contributed by atoms with van der Waals surface area (Å²) in [4.78, 5) is 0.663. The Kier molecular flexibility index (Phi) is 3.68. The molecule has 5 rings (SSSR count). The largest absolute Gasteiger partial charge is 0.0887 e. The van der Waals surface area contributed by atoms with Crippen LogP contribution in [-0.2, 0) is 6.42 Å². The van der Waals surface area contributed by atoms with Crippen molar-refractivity contribution < 1.29 is 0 Å². The van der Waals surface area contributed by atoms with E-state index in [1.54, 1.807) is 19.3 Å². The number of halogens is 1. The molecule has 1 aromatic carbocycles. The van der Waals surface area contributed by atoms with E-state index < -0.39 is 0 Å². The molecule has 4 saturated carbocycles. The van der Waals surface area contributed by atoms with Gasteiger partial charge in [0.2, 0.25) is 0 Å². The standard InChI is InChI=1S/C20H27Br/c1-14-2-4-15(5-3-14)9-19(21)13-20-10-16-6-17(11-20)8-18(7-16)12-20/h2-5,16-19H,6-13H2,1H3. The zero-order valence-corrected chi connectivity index (χ0v) is 14.7. The van der Waals surface area contributed by atoms with Gasteiger partial charge in [0, 0.05) is 4.83 Å². The molecule has 114 valence electrons. The van der Waals surface area contributed by atoms with Gasteiger partial charge in [-0.3, -0.25) is 0 Å². The molecule has 4 aliphatic rings. The van der Waals surface area contributed by atoms with E-state index in [1.807, 2.05) is 0 Å². The van der Waals surface area contributed by atoms with Crippen molar-refractivity contribution >= 4 is 15.9 Å². The van der Waals surface area contributed by atoms with Crippen molar-refractivity contribution in [2.45, 2.75) is 63.1 Å². The first kappa shape index (κ1) is 14.3. The number of hydrogen-bond acceptors (Lipinski definition) is 0. The van der Waals surface area contributed by atoms with Gasteiger partial charge in [-0.1, -0.05) is 45.8 Å². The normalized spacial score (nSPS) is 38.7. The van der Waals surface area contributed by atoms with Gasteiger partial charge < -0.3 is 0 Å². The van der Waals surface area contributed by atoms with Crippen molar-refractivity contribution in [3.63, 3.8) is 0 Å².